The summed E-state index contributed by atoms with van der Waals surface area (Å²) in [6.07, 6.45) is 3.32. The number of aliphatic hydroxyl groups is 2. The van der Waals surface area contributed by atoms with Gasteiger partial charge in [-0.05, 0) is 31.7 Å². The number of hydrogen-bond acceptors (Lipinski definition) is 4. The minimum absolute atomic E-state index is 0.122. The van der Waals surface area contributed by atoms with E-state index >= 15 is 0 Å². The fourth-order valence-electron chi connectivity index (χ4n) is 1.57. The van der Waals surface area contributed by atoms with Gasteiger partial charge >= 0.3 is 0 Å². The molecule has 0 amide bonds. The van der Waals surface area contributed by atoms with E-state index in [0.29, 0.717) is 11.8 Å². The van der Waals surface area contributed by atoms with Gasteiger partial charge in [-0.1, -0.05) is 6.92 Å². The van der Waals surface area contributed by atoms with E-state index in [1.165, 1.54) is 19.3 Å². The molecule has 3 N–H and O–H groups in total. The van der Waals surface area contributed by atoms with Crippen LogP contribution in [0, 0.1) is 5.92 Å². The van der Waals surface area contributed by atoms with Gasteiger partial charge in [0.1, 0.15) is 0 Å². The van der Waals surface area contributed by atoms with Crippen LogP contribution in [0.5, 0.6) is 0 Å². The van der Waals surface area contributed by atoms with E-state index in [0.717, 1.165) is 18.2 Å². The first kappa shape index (κ1) is 13.3. The smallest absolute Gasteiger partial charge is 0.0861 e. The zero-order valence-electron chi connectivity index (χ0n) is 9.48. The van der Waals surface area contributed by atoms with Gasteiger partial charge in [0.05, 0.1) is 12.7 Å². The molecule has 1 rings (SSSR count). The lowest BCUT2D eigenvalue weighted by Gasteiger charge is -2.18. The fourth-order valence-corrected chi connectivity index (χ4v) is 2.73. The predicted octanol–water partition coefficient (Wildman–Crippen LogP) is 0.851. The highest BCUT2D eigenvalue weighted by Crippen LogP contribution is 2.34. The van der Waals surface area contributed by atoms with Gasteiger partial charge in [0.2, 0.25) is 0 Å². The van der Waals surface area contributed by atoms with Crippen molar-refractivity contribution in [3.63, 3.8) is 0 Å². The third kappa shape index (κ3) is 5.76. The van der Waals surface area contributed by atoms with Crippen LogP contribution in [0.4, 0.5) is 0 Å². The lowest BCUT2D eigenvalue weighted by molar-refractivity contribution is 0.113. The highest BCUT2D eigenvalue weighted by molar-refractivity contribution is 7.99. The Balaban J connectivity index is 2.08. The topological polar surface area (TPSA) is 52.5 Å². The molecule has 0 radical (unpaired) electrons. The monoisotopic (exact) mass is 233 g/mol. The van der Waals surface area contributed by atoms with Crippen LogP contribution in [0.15, 0.2) is 0 Å². The van der Waals surface area contributed by atoms with Crippen LogP contribution in [0.3, 0.4) is 0 Å². The Bertz CT molecular complexity index is 165. The summed E-state index contributed by atoms with van der Waals surface area (Å²) >= 11 is 1.74. The Hall–Kier alpha value is 0.230. The summed E-state index contributed by atoms with van der Waals surface area (Å²) in [7, 11) is 0. The number of hydrogen-bond donors (Lipinski definition) is 3. The summed E-state index contributed by atoms with van der Waals surface area (Å²) < 4.78 is 0. The standard InChI is InChI=1S/C11H23NO2S/c1-2-5-12-11(9-3-4-9)8-15-7-10(14)6-13/h9-14H,2-8H2,1H3. The quantitative estimate of drug-likeness (QED) is 0.553. The van der Waals surface area contributed by atoms with Gasteiger partial charge in [-0.15, -0.1) is 0 Å². The second-order valence-corrected chi connectivity index (χ2v) is 5.35. The molecular weight excluding hydrogens is 210 g/mol. The van der Waals surface area contributed by atoms with Crippen LogP contribution in [0.1, 0.15) is 26.2 Å². The Morgan fingerprint density at radius 3 is 2.67 bits per heavy atom. The van der Waals surface area contributed by atoms with E-state index in [9.17, 15) is 5.11 Å². The Morgan fingerprint density at radius 1 is 1.40 bits per heavy atom. The van der Waals surface area contributed by atoms with Crippen molar-refractivity contribution in [1.82, 2.24) is 5.32 Å². The maximum absolute atomic E-state index is 9.21. The van der Waals surface area contributed by atoms with Gasteiger partial charge in [-0.2, -0.15) is 11.8 Å². The van der Waals surface area contributed by atoms with Gasteiger partial charge in [0, 0.05) is 17.5 Å². The van der Waals surface area contributed by atoms with E-state index in [2.05, 4.69) is 12.2 Å². The zero-order valence-corrected chi connectivity index (χ0v) is 10.3. The summed E-state index contributed by atoms with van der Waals surface area (Å²) in [4.78, 5) is 0. The summed E-state index contributed by atoms with van der Waals surface area (Å²) in [5, 5.41) is 21.5. The van der Waals surface area contributed by atoms with E-state index in [1.807, 2.05) is 0 Å². The molecule has 2 unspecified atom stereocenters. The maximum Gasteiger partial charge on any atom is 0.0861 e. The predicted molar refractivity (Wildman–Crippen MR) is 65.2 cm³/mol. The summed E-state index contributed by atoms with van der Waals surface area (Å²) in [5.74, 6) is 2.56. The molecule has 0 aromatic heterocycles. The van der Waals surface area contributed by atoms with E-state index < -0.39 is 6.10 Å². The third-order valence-electron chi connectivity index (χ3n) is 2.67. The third-order valence-corrected chi connectivity index (χ3v) is 3.88. The number of aliphatic hydroxyl groups excluding tert-OH is 2. The molecular formula is C11H23NO2S. The van der Waals surface area contributed by atoms with Crippen LogP contribution in [0.2, 0.25) is 0 Å². The molecule has 1 fully saturated rings. The number of nitrogens with one attached hydrogen (secondary N) is 1. The van der Waals surface area contributed by atoms with E-state index in [1.54, 1.807) is 11.8 Å². The largest absolute Gasteiger partial charge is 0.394 e. The zero-order chi connectivity index (χ0) is 11.1. The van der Waals surface area contributed by atoms with Crippen LogP contribution < -0.4 is 5.32 Å². The molecule has 0 spiro atoms. The first-order valence-electron chi connectivity index (χ1n) is 5.88. The molecule has 1 aliphatic rings. The molecule has 2 atom stereocenters. The molecule has 4 heteroatoms. The van der Waals surface area contributed by atoms with Crippen molar-refractivity contribution in [2.45, 2.75) is 38.3 Å². The summed E-state index contributed by atoms with van der Waals surface area (Å²) in [6.45, 7) is 3.15. The molecule has 0 heterocycles. The second kappa shape index (κ2) is 7.49. The van der Waals surface area contributed by atoms with Crippen LogP contribution in [-0.2, 0) is 0 Å². The molecule has 3 nitrogen and oxygen atoms in total. The van der Waals surface area contributed by atoms with Crippen molar-refractivity contribution in [3.05, 3.63) is 0 Å². The van der Waals surface area contributed by atoms with Gasteiger partial charge in [-0.3, -0.25) is 0 Å². The Labute approximate surface area is 96.6 Å². The maximum atomic E-state index is 9.21. The molecule has 0 aromatic rings. The van der Waals surface area contributed by atoms with Crippen LogP contribution in [0.25, 0.3) is 0 Å². The van der Waals surface area contributed by atoms with Crippen molar-refractivity contribution in [2.75, 3.05) is 24.7 Å². The van der Waals surface area contributed by atoms with Gasteiger partial charge < -0.3 is 15.5 Å². The molecule has 1 aliphatic carbocycles. The fraction of sp³-hybridized carbons (Fsp3) is 1.00. The minimum Gasteiger partial charge on any atom is -0.394 e. The van der Waals surface area contributed by atoms with Gasteiger partial charge in [-0.25, -0.2) is 0 Å². The van der Waals surface area contributed by atoms with Crippen molar-refractivity contribution in [1.29, 1.82) is 0 Å². The van der Waals surface area contributed by atoms with Gasteiger partial charge in [0.25, 0.3) is 0 Å². The molecule has 15 heavy (non-hydrogen) atoms. The van der Waals surface area contributed by atoms with Crippen molar-refractivity contribution in [3.8, 4) is 0 Å². The van der Waals surface area contributed by atoms with Crippen LogP contribution in [-0.4, -0.2) is 47.0 Å². The normalized spacial score (nSPS) is 20.2. The van der Waals surface area contributed by atoms with Crippen molar-refractivity contribution < 1.29 is 10.2 Å². The Morgan fingerprint density at radius 2 is 2.13 bits per heavy atom. The molecule has 0 saturated heterocycles. The summed E-state index contributed by atoms with van der Waals surface area (Å²) in [5.41, 5.74) is 0. The van der Waals surface area contributed by atoms with Gasteiger partial charge in [0.15, 0.2) is 0 Å². The average molecular weight is 233 g/mol. The highest BCUT2D eigenvalue weighted by atomic mass is 32.2. The van der Waals surface area contributed by atoms with Crippen LogP contribution >= 0.6 is 11.8 Å². The minimum atomic E-state index is -0.555. The van der Waals surface area contributed by atoms with E-state index in [4.69, 9.17) is 5.11 Å². The lowest BCUT2D eigenvalue weighted by Crippen LogP contribution is -2.34. The lowest BCUT2D eigenvalue weighted by atomic mass is 10.2. The first-order valence-corrected chi connectivity index (χ1v) is 7.03. The number of rotatable bonds is 9. The van der Waals surface area contributed by atoms with E-state index in [-0.39, 0.29) is 6.61 Å². The average Bonchev–Trinajstić information content (AvgIpc) is 3.06. The SMILES string of the molecule is CCCNC(CSCC(O)CO)C1CC1. The Kier molecular flexibility index (Phi) is 6.64. The number of thioether (sulfide) groups is 1. The second-order valence-electron chi connectivity index (χ2n) is 4.27. The molecule has 1 saturated carbocycles. The molecule has 90 valence electrons. The molecule has 0 bridgehead atoms. The molecule has 0 aliphatic heterocycles. The first-order chi connectivity index (χ1) is 7.27. The van der Waals surface area contributed by atoms with Crippen molar-refractivity contribution in [2.24, 2.45) is 5.92 Å². The highest BCUT2D eigenvalue weighted by Gasteiger charge is 2.30. The van der Waals surface area contributed by atoms with Crippen molar-refractivity contribution >= 4 is 11.8 Å². The summed E-state index contributed by atoms with van der Waals surface area (Å²) in [6, 6.07) is 0.612. The molecule has 0 aromatic carbocycles.